The predicted molar refractivity (Wildman–Crippen MR) is 95.6 cm³/mol. The first kappa shape index (κ1) is 13.3. The van der Waals surface area contributed by atoms with Gasteiger partial charge in [-0.2, -0.15) is 0 Å². The second-order valence-electron chi connectivity index (χ2n) is 5.36. The minimum Gasteiger partial charge on any atom is -0.397 e. The Morgan fingerprint density at radius 3 is 1.57 bits per heavy atom. The van der Waals surface area contributed by atoms with Crippen molar-refractivity contribution in [2.75, 3.05) is 16.8 Å². The normalized spacial score (nSPS) is 11.0. The number of nitrogens with zero attached hydrogens (tertiary/aromatic N) is 2. The highest BCUT2D eigenvalue weighted by Crippen LogP contribution is 2.24. The van der Waals surface area contributed by atoms with Gasteiger partial charge in [-0.15, -0.1) is 0 Å². The fourth-order valence-corrected chi connectivity index (χ4v) is 2.61. The van der Waals surface area contributed by atoms with E-state index in [0.29, 0.717) is 23.0 Å². The highest BCUT2D eigenvalue weighted by Gasteiger charge is 2.05. The van der Waals surface area contributed by atoms with Gasteiger partial charge in [-0.1, -0.05) is 24.3 Å². The molecule has 0 aliphatic carbocycles. The minimum absolute atomic E-state index is 0.655. The standard InChI is InChI=1S/C18H15N5/c19-13-5-1-3-11-7-9-15(22-17(11)13)21-16-10-8-12-4-2-6-14(20)18(12)23-16/h1-10H,19-20H2,(H,21,22,23). The number of fused-ring (bicyclic) bond motifs is 2. The predicted octanol–water partition coefficient (Wildman–Crippen LogP) is 3.69. The van der Waals surface area contributed by atoms with Crippen LogP contribution in [0.4, 0.5) is 23.0 Å². The van der Waals surface area contributed by atoms with E-state index in [-0.39, 0.29) is 0 Å². The number of hydrogen-bond donors (Lipinski definition) is 3. The molecule has 2 aromatic heterocycles. The fraction of sp³-hybridized carbons (Fsp3) is 0. The number of pyridine rings is 2. The van der Waals surface area contributed by atoms with E-state index in [9.17, 15) is 0 Å². The van der Waals surface area contributed by atoms with Crippen LogP contribution in [-0.2, 0) is 0 Å². The number of para-hydroxylation sites is 2. The van der Waals surface area contributed by atoms with Gasteiger partial charge in [0.15, 0.2) is 0 Å². The van der Waals surface area contributed by atoms with Crippen molar-refractivity contribution in [2.45, 2.75) is 0 Å². The number of nitrogens with one attached hydrogen (secondary N) is 1. The van der Waals surface area contributed by atoms with Gasteiger partial charge in [-0.3, -0.25) is 0 Å². The van der Waals surface area contributed by atoms with Crippen LogP contribution >= 0.6 is 0 Å². The highest BCUT2D eigenvalue weighted by molar-refractivity contribution is 5.92. The van der Waals surface area contributed by atoms with Gasteiger partial charge < -0.3 is 16.8 Å². The molecular weight excluding hydrogens is 286 g/mol. The summed E-state index contributed by atoms with van der Waals surface area (Å²) in [6.07, 6.45) is 0. The summed E-state index contributed by atoms with van der Waals surface area (Å²) in [6.45, 7) is 0. The van der Waals surface area contributed by atoms with E-state index in [4.69, 9.17) is 11.5 Å². The van der Waals surface area contributed by atoms with Crippen molar-refractivity contribution in [3.05, 3.63) is 60.7 Å². The molecule has 5 heteroatoms. The van der Waals surface area contributed by atoms with Crippen molar-refractivity contribution in [3.8, 4) is 0 Å². The SMILES string of the molecule is Nc1cccc2ccc(Nc3ccc4cccc(N)c4n3)nc12. The second kappa shape index (κ2) is 5.14. The zero-order valence-corrected chi connectivity index (χ0v) is 12.3. The maximum atomic E-state index is 5.99. The topological polar surface area (TPSA) is 89.8 Å². The van der Waals surface area contributed by atoms with Gasteiger partial charge in [0.25, 0.3) is 0 Å². The second-order valence-corrected chi connectivity index (χ2v) is 5.36. The molecule has 0 radical (unpaired) electrons. The van der Waals surface area contributed by atoms with Crippen LogP contribution in [0.5, 0.6) is 0 Å². The molecule has 0 saturated heterocycles. The van der Waals surface area contributed by atoms with Crippen LogP contribution in [-0.4, -0.2) is 9.97 Å². The van der Waals surface area contributed by atoms with Crippen LogP contribution in [0.2, 0.25) is 0 Å². The molecule has 0 spiro atoms. The van der Waals surface area contributed by atoms with E-state index < -0.39 is 0 Å². The van der Waals surface area contributed by atoms with Crippen LogP contribution in [0.3, 0.4) is 0 Å². The molecule has 0 amide bonds. The van der Waals surface area contributed by atoms with Gasteiger partial charge >= 0.3 is 0 Å². The molecule has 112 valence electrons. The van der Waals surface area contributed by atoms with E-state index in [1.165, 1.54) is 0 Å². The number of benzene rings is 2. The summed E-state index contributed by atoms with van der Waals surface area (Å²) in [4.78, 5) is 9.13. The first-order valence-electron chi connectivity index (χ1n) is 7.28. The molecule has 0 unspecified atom stereocenters. The lowest BCUT2D eigenvalue weighted by Crippen LogP contribution is -1.98. The Labute approximate surface area is 133 Å². The zero-order chi connectivity index (χ0) is 15.8. The molecule has 0 bridgehead atoms. The van der Waals surface area contributed by atoms with Gasteiger partial charge in [0.2, 0.25) is 0 Å². The molecule has 0 atom stereocenters. The summed E-state index contributed by atoms with van der Waals surface area (Å²) >= 11 is 0. The van der Waals surface area contributed by atoms with Crippen LogP contribution in [0, 0.1) is 0 Å². The average molecular weight is 301 g/mol. The van der Waals surface area contributed by atoms with Gasteiger partial charge in [0, 0.05) is 10.8 Å². The molecule has 0 fully saturated rings. The maximum absolute atomic E-state index is 5.99. The van der Waals surface area contributed by atoms with Gasteiger partial charge in [0.05, 0.1) is 22.4 Å². The molecule has 0 aliphatic rings. The molecule has 2 aromatic carbocycles. The maximum Gasteiger partial charge on any atom is 0.132 e. The van der Waals surface area contributed by atoms with Crippen LogP contribution in [0.1, 0.15) is 0 Å². The third kappa shape index (κ3) is 2.38. The van der Waals surface area contributed by atoms with E-state index in [1.54, 1.807) is 0 Å². The molecule has 2 heterocycles. The first-order chi connectivity index (χ1) is 11.2. The van der Waals surface area contributed by atoms with Gasteiger partial charge in [0.1, 0.15) is 11.6 Å². The summed E-state index contributed by atoms with van der Waals surface area (Å²) in [7, 11) is 0. The molecule has 0 saturated carbocycles. The number of anilines is 4. The lowest BCUT2D eigenvalue weighted by atomic mass is 10.2. The summed E-state index contributed by atoms with van der Waals surface area (Å²) in [5.74, 6) is 1.38. The third-order valence-corrected chi connectivity index (χ3v) is 3.76. The number of nitrogen functional groups attached to an aromatic ring is 2. The van der Waals surface area contributed by atoms with Crippen LogP contribution < -0.4 is 16.8 Å². The van der Waals surface area contributed by atoms with Crippen molar-refractivity contribution in [1.82, 2.24) is 9.97 Å². The fourth-order valence-electron chi connectivity index (χ4n) is 2.61. The average Bonchev–Trinajstić information content (AvgIpc) is 2.56. The van der Waals surface area contributed by atoms with Crippen molar-refractivity contribution in [1.29, 1.82) is 0 Å². The molecule has 4 rings (SSSR count). The Bertz CT molecular complexity index is 943. The Morgan fingerprint density at radius 2 is 1.09 bits per heavy atom. The molecule has 5 N–H and O–H groups in total. The lowest BCUT2D eigenvalue weighted by Gasteiger charge is -2.09. The van der Waals surface area contributed by atoms with Gasteiger partial charge in [-0.25, -0.2) is 9.97 Å². The number of rotatable bonds is 2. The summed E-state index contributed by atoms with van der Waals surface area (Å²) < 4.78 is 0. The van der Waals surface area contributed by atoms with Crippen molar-refractivity contribution < 1.29 is 0 Å². The van der Waals surface area contributed by atoms with Crippen molar-refractivity contribution in [3.63, 3.8) is 0 Å². The molecular formula is C18H15N5. The molecule has 4 aromatic rings. The van der Waals surface area contributed by atoms with E-state index in [1.807, 2.05) is 60.7 Å². The monoisotopic (exact) mass is 301 g/mol. The minimum atomic E-state index is 0.655. The molecule has 0 aliphatic heterocycles. The van der Waals surface area contributed by atoms with E-state index >= 15 is 0 Å². The first-order valence-corrected chi connectivity index (χ1v) is 7.28. The Hall–Kier alpha value is -3.34. The molecule has 5 nitrogen and oxygen atoms in total. The Balaban J connectivity index is 1.75. The summed E-state index contributed by atoms with van der Waals surface area (Å²) in [5.41, 5.74) is 14.8. The number of nitrogens with two attached hydrogens (primary N) is 2. The highest BCUT2D eigenvalue weighted by atomic mass is 15.1. The van der Waals surface area contributed by atoms with Crippen LogP contribution in [0.25, 0.3) is 21.8 Å². The van der Waals surface area contributed by atoms with E-state index in [0.717, 1.165) is 21.8 Å². The van der Waals surface area contributed by atoms with Crippen LogP contribution in [0.15, 0.2) is 60.7 Å². The smallest absolute Gasteiger partial charge is 0.132 e. The summed E-state index contributed by atoms with van der Waals surface area (Å²) in [5, 5.41) is 5.22. The lowest BCUT2D eigenvalue weighted by molar-refractivity contribution is 1.31. The summed E-state index contributed by atoms with van der Waals surface area (Å²) in [6, 6.07) is 19.3. The number of hydrogen-bond acceptors (Lipinski definition) is 5. The number of aromatic nitrogens is 2. The Kier molecular flexibility index (Phi) is 2.98. The van der Waals surface area contributed by atoms with Crippen molar-refractivity contribution in [2.24, 2.45) is 0 Å². The van der Waals surface area contributed by atoms with E-state index in [2.05, 4.69) is 15.3 Å². The van der Waals surface area contributed by atoms with Crippen molar-refractivity contribution >= 4 is 44.8 Å². The quantitative estimate of drug-likeness (QED) is 0.491. The zero-order valence-electron chi connectivity index (χ0n) is 12.3. The Morgan fingerprint density at radius 1 is 0.609 bits per heavy atom. The third-order valence-electron chi connectivity index (χ3n) is 3.76. The largest absolute Gasteiger partial charge is 0.397 e. The molecule has 23 heavy (non-hydrogen) atoms. The van der Waals surface area contributed by atoms with Gasteiger partial charge in [-0.05, 0) is 36.4 Å².